The number of nitrogens with zero attached hydrogens (tertiary/aromatic N) is 2. The van der Waals surface area contributed by atoms with Crippen LogP contribution in [0.1, 0.15) is 40.9 Å². The molecule has 0 unspecified atom stereocenters. The van der Waals surface area contributed by atoms with Crippen LogP contribution in [0.25, 0.3) is 11.3 Å². The number of hydrogen-bond acceptors (Lipinski definition) is 4. The van der Waals surface area contributed by atoms with Crippen molar-refractivity contribution in [3.8, 4) is 11.3 Å². The summed E-state index contributed by atoms with van der Waals surface area (Å²) >= 11 is 0. The van der Waals surface area contributed by atoms with E-state index in [0.29, 0.717) is 23.6 Å². The predicted octanol–water partition coefficient (Wildman–Crippen LogP) is 4.19. The number of amides is 1. The molecule has 5 heteroatoms. The molecular formula is C22H23N3O2. The number of pyridine rings is 1. The number of aromatic nitrogens is 2. The predicted molar refractivity (Wildman–Crippen MR) is 103 cm³/mol. The van der Waals surface area contributed by atoms with Gasteiger partial charge in [0, 0.05) is 24.5 Å². The highest BCUT2D eigenvalue weighted by Crippen LogP contribution is 2.43. The molecule has 1 fully saturated rings. The second kappa shape index (κ2) is 7.35. The Morgan fingerprint density at radius 1 is 1.19 bits per heavy atom. The molecule has 1 aromatic carbocycles. The summed E-state index contributed by atoms with van der Waals surface area (Å²) in [5.41, 5.74) is 3.29. The van der Waals surface area contributed by atoms with E-state index < -0.39 is 0 Å². The van der Waals surface area contributed by atoms with Crippen molar-refractivity contribution in [3.63, 3.8) is 0 Å². The Hall–Kier alpha value is -2.95. The van der Waals surface area contributed by atoms with Crippen LogP contribution in [0.3, 0.4) is 0 Å². The number of nitrogens with one attached hydrogen (secondary N) is 1. The zero-order chi connectivity index (χ0) is 18.7. The number of rotatable bonds is 6. The summed E-state index contributed by atoms with van der Waals surface area (Å²) < 4.78 is 5.30. The fourth-order valence-electron chi connectivity index (χ4n) is 3.82. The Kier molecular flexibility index (Phi) is 4.75. The van der Waals surface area contributed by atoms with Gasteiger partial charge >= 0.3 is 0 Å². The molecule has 1 aliphatic carbocycles. The highest BCUT2D eigenvalue weighted by molar-refractivity contribution is 6.00. The molecule has 2 heterocycles. The average molecular weight is 361 g/mol. The molecule has 0 spiro atoms. The number of benzene rings is 1. The molecule has 1 N–H and O–H groups in total. The van der Waals surface area contributed by atoms with Gasteiger partial charge < -0.3 is 9.84 Å². The van der Waals surface area contributed by atoms with Crippen molar-refractivity contribution in [1.82, 2.24) is 15.5 Å². The first-order chi connectivity index (χ1) is 13.2. The van der Waals surface area contributed by atoms with E-state index in [1.165, 1.54) is 12.0 Å². The third-order valence-electron chi connectivity index (χ3n) is 5.48. The van der Waals surface area contributed by atoms with Gasteiger partial charge in [-0.05, 0) is 49.3 Å². The van der Waals surface area contributed by atoms with E-state index in [2.05, 4.69) is 39.7 Å². The first-order valence-electron chi connectivity index (χ1n) is 9.36. The van der Waals surface area contributed by atoms with E-state index in [0.717, 1.165) is 24.8 Å². The van der Waals surface area contributed by atoms with Crippen molar-refractivity contribution < 1.29 is 9.32 Å². The van der Waals surface area contributed by atoms with Crippen LogP contribution in [0.15, 0.2) is 59.4 Å². The first kappa shape index (κ1) is 17.5. The molecule has 1 saturated carbocycles. The van der Waals surface area contributed by atoms with Crippen LogP contribution in [-0.4, -0.2) is 22.6 Å². The lowest BCUT2D eigenvalue weighted by Gasteiger charge is -2.42. The van der Waals surface area contributed by atoms with Crippen LogP contribution in [0, 0.1) is 12.3 Å². The normalized spacial score (nSPS) is 15.1. The fraction of sp³-hybridized carbons (Fsp3) is 0.318. The Morgan fingerprint density at radius 2 is 2.00 bits per heavy atom. The Bertz CT molecular complexity index is 915. The molecule has 0 atom stereocenters. The summed E-state index contributed by atoms with van der Waals surface area (Å²) in [6.07, 6.45) is 7.87. The van der Waals surface area contributed by atoms with Gasteiger partial charge in [-0.1, -0.05) is 41.9 Å². The molecule has 0 radical (unpaired) electrons. The highest BCUT2D eigenvalue weighted by Gasteiger charge is 2.37. The van der Waals surface area contributed by atoms with Crippen LogP contribution in [0.4, 0.5) is 0 Å². The minimum Gasteiger partial charge on any atom is -0.360 e. The summed E-state index contributed by atoms with van der Waals surface area (Å²) in [5, 5.41) is 7.22. The molecule has 4 rings (SSSR count). The molecule has 2 aromatic heterocycles. The van der Waals surface area contributed by atoms with Gasteiger partial charge in [0.25, 0.3) is 5.91 Å². The maximum absolute atomic E-state index is 12.9. The number of carbonyl (C=O) groups is 1. The Balaban J connectivity index is 1.49. The van der Waals surface area contributed by atoms with Crippen molar-refractivity contribution in [2.75, 3.05) is 6.54 Å². The van der Waals surface area contributed by atoms with Crippen molar-refractivity contribution in [2.24, 2.45) is 5.41 Å². The Labute approximate surface area is 158 Å². The lowest BCUT2D eigenvalue weighted by molar-refractivity contribution is 0.0859. The molecule has 27 heavy (non-hydrogen) atoms. The van der Waals surface area contributed by atoms with Gasteiger partial charge in [0.2, 0.25) is 0 Å². The highest BCUT2D eigenvalue weighted by atomic mass is 16.5. The third-order valence-corrected chi connectivity index (χ3v) is 5.48. The molecular weight excluding hydrogens is 338 g/mol. The zero-order valence-corrected chi connectivity index (χ0v) is 15.4. The molecule has 138 valence electrons. The SMILES string of the molecule is Cc1onc(-c2cccnc2)c1C(=O)NCC1(Cc2ccccc2)CCC1. The van der Waals surface area contributed by atoms with Crippen LogP contribution < -0.4 is 5.32 Å². The molecule has 1 aliphatic rings. The standard InChI is InChI=1S/C22H23N3O2/c1-16-19(20(25-27-16)18-9-5-12-23-14-18)21(26)24-15-22(10-6-11-22)13-17-7-3-2-4-8-17/h2-5,7-9,12,14H,6,10-11,13,15H2,1H3,(H,24,26). The fourth-order valence-corrected chi connectivity index (χ4v) is 3.82. The van der Waals surface area contributed by atoms with Gasteiger partial charge in [-0.2, -0.15) is 0 Å². The molecule has 3 aromatic rings. The minimum absolute atomic E-state index is 0.132. The van der Waals surface area contributed by atoms with Crippen LogP contribution >= 0.6 is 0 Å². The second-order valence-corrected chi connectivity index (χ2v) is 7.40. The molecule has 0 bridgehead atoms. The first-order valence-corrected chi connectivity index (χ1v) is 9.36. The van der Waals surface area contributed by atoms with Gasteiger partial charge in [0.05, 0.1) is 0 Å². The van der Waals surface area contributed by atoms with Crippen molar-refractivity contribution >= 4 is 5.91 Å². The van der Waals surface area contributed by atoms with Gasteiger partial charge in [-0.3, -0.25) is 9.78 Å². The molecule has 1 amide bonds. The van der Waals surface area contributed by atoms with Crippen molar-refractivity contribution in [3.05, 3.63) is 71.7 Å². The zero-order valence-electron chi connectivity index (χ0n) is 15.4. The molecule has 0 aliphatic heterocycles. The maximum Gasteiger partial charge on any atom is 0.257 e. The van der Waals surface area contributed by atoms with Gasteiger partial charge in [-0.15, -0.1) is 0 Å². The lowest BCUT2D eigenvalue weighted by atomic mass is 9.65. The number of carbonyl (C=O) groups excluding carboxylic acids is 1. The van der Waals surface area contributed by atoms with E-state index in [9.17, 15) is 4.79 Å². The quantitative estimate of drug-likeness (QED) is 0.715. The Morgan fingerprint density at radius 3 is 2.67 bits per heavy atom. The largest absolute Gasteiger partial charge is 0.360 e. The topological polar surface area (TPSA) is 68.0 Å². The summed E-state index contributed by atoms with van der Waals surface area (Å²) in [4.78, 5) is 17.0. The number of aryl methyl sites for hydroxylation is 1. The van der Waals surface area contributed by atoms with E-state index in [-0.39, 0.29) is 11.3 Å². The van der Waals surface area contributed by atoms with E-state index in [1.807, 2.05) is 18.2 Å². The molecule has 5 nitrogen and oxygen atoms in total. The van der Waals surface area contributed by atoms with Crippen LogP contribution in [0.2, 0.25) is 0 Å². The third kappa shape index (κ3) is 3.63. The van der Waals surface area contributed by atoms with Crippen LogP contribution in [0.5, 0.6) is 0 Å². The van der Waals surface area contributed by atoms with E-state index >= 15 is 0 Å². The van der Waals surface area contributed by atoms with Crippen molar-refractivity contribution in [2.45, 2.75) is 32.6 Å². The monoisotopic (exact) mass is 361 g/mol. The molecule has 0 saturated heterocycles. The lowest BCUT2D eigenvalue weighted by Crippen LogP contribution is -2.43. The van der Waals surface area contributed by atoms with Gasteiger partial charge in [-0.25, -0.2) is 0 Å². The smallest absolute Gasteiger partial charge is 0.257 e. The summed E-state index contributed by atoms with van der Waals surface area (Å²) in [5.74, 6) is 0.393. The second-order valence-electron chi connectivity index (χ2n) is 7.40. The number of hydrogen-bond donors (Lipinski definition) is 1. The summed E-state index contributed by atoms with van der Waals surface area (Å²) in [6.45, 7) is 2.43. The maximum atomic E-state index is 12.9. The van der Waals surface area contributed by atoms with Gasteiger partial charge in [0.15, 0.2) is 0 Å². The van der Waals surface area contributed by atoms with E-state index in [1.54, 1.807) is 19.3 Å². The minimum atomic E-state index is -0.132. The van der Waals surface area contributed by atoms with Crippen molar-refractivity contribution in [1.29, 1.82) is 0 Å². The summed E-state index contributed by atoms with van der Waals surface area (Å²) in [7, 11) is 0. The van der Waals surface area contributed by atoms with E-state index in [4.69, 9.17) is 4.52 Å². The van der Waals surface area contributed by atoms with Crippen LogP contribution in [-0.2, 0) is 6.42 Å². The van der Waals surface area contributed by atoms with Gasteiger partial charge in [0.1, 0.15) is 17.0 Å². The average Bonchev–Trinajstić information content (AvgIpc) is 3.06. The summed E-state index contributed by atoms with van der Waals surface area (Å²) in [6, 6.07) is 14.2.